The van der Waals surface area contributed by atoms with Crippen molar-refractivity contribution in [2.45, 2.75) is 13.1 Å². The maximum Gasteiger partial charge on any atom is 0.416 e. The molecule has 0 radical (unpaired) electrons. The Labute approximate surface area is 193 Å². The van der Waals surface area contributed by atoms with Gasteiger partial charge in [0.15, 0.2) is 5.17 Å². The number of nitrogens with zero attached hydrogens (tertiary/aromatic N) is 3. The molecule has 33 heavy (non-hydrogen) atoms. The van der Waals surface area contributed by atoms with Gasteiger partial charge in [0.2, 0.25) is 0 Å². The van der Waals surface area contributed by atoms with Gasteiger partial charge in [0.05, 0.1) is 23.3 Å². The van der Waals surface area contributed by atoms with Crippen molar-refractivity contribution in [2.75, 3.05) is 13.7 Å². The lowest BCUT2D eigenvalue weighted by Gasteiger charge is -2.12. The minimum Gasteiger partial charge on any atom is -0.497 e. The average molecular weight is 472 g/mol. The van der Waals surface area contributed by atoms with E-state index in [2.05, 4.69) is 4.99 Å². The van der Waals surface area contributed by atoms with Crippen LogP contribution in [0.3, 0.4) is 0 Å². The van der Waals surface area contributed by atoms with Gasteiger partial charge in [-0.3, -0.25) is 9.69 Å². The number of thioether (sulfide) groups is 1. The van der Waals surface area contributed by atoms with E-state index in [9.17, 15) is 18.0 Å². The van der Waals surface area contributed by atoms with Crippen molar-refractivity contribution < 1.29 is 22.7 Å². The number of carbonyl (C=O) groups excluding carboxylic acids is 1. The molecule has 1 amide bonds. The Morgan fingerprint density at radius 1 is 1.09 bits per heavy atom. The van der Waals surface area contributed by atoms with Crippen molar-refractivity contribution in [1.82, 2.24) is 9.47 Å². The summed E-state index contributed by atoms with van der Waals surface area (Å²) < 4.78 is 46.2. The van der Waals surface area contributed by atoms with E-state index in [0.29, 0.717) is 39.4 Å². The minimum absolute atomic E-state index is 0.202. The Kier molecular flexibility index (Phi) is 6.33. The summed E-state index contributed by atoms with van der Waals surface area (Å²) in [5.41, 5.74) is 0.895. The number of amides is 1. The first kappa shape index (κ1) is 22.7. The number of hydrogen-bond acceptors (Lipinski definition) is 4. The summed E-state index contributed by atoms with van der Waals surface area (Å²) in [6.07, 6.45) is -1.10. The smallest absolute Gasteiger partial charge is 0.416 e. The number of aliphatic imine (C=N–C) groups is 1. The number of aromatic nitrogens is 1. The molecule has 1 fully saturated rings. The lowest BCUT2D eigenvalue weighted by Crippen LogP contribution is -2.28. The van der Waals surface area contributed by atoms with E-state index in [1.807, 2.05) is 6.92 Å². The van der Waals surface area contributed by atoms with Gasteiger partial charge in [0.1, 0.15) is 5.75 Å². The van der Waals surface area contributed by atoms with Crippen LogP contribution in [0.5, 0.6) is 5.75 Å². The molecule has 0 saturated carbocycles. The van der Waals surface area contributed by atoms with Crippen LogP contribution in [0.1, 0.15) is 18.2 Å². The van der Waals surface area contributed by atoms with E-state index < -0.39 is 11.7 Å². The summed E-state index contributed by atoms with van der Waals surface area (Å²) in [6.45, 7) is 2.29. The van der Waals surface area contributed by atoms with Gasteiger partial charge in [-0.25, -0.2) is 4.99 Å². The monoisotopic (exact) mass is 471 g/mol. The first-order chi connectivity index (χ1) is 15.8. The van der Waals surface area contributed by atoms with Gasteiger partial charge in [-0.15, -0.1) is 0 Å². The number of rotatable bonds is 5. The van der Waals surface area contributed by atoms with Crippen molar-refractivity contribution in [3.05, 3.63) is 83.0 Å². The number of likely N-dealkylation sites (N-methyl/N-ethyl adjacent to an activating group) is 1. The number of halogens is 3. The molecule has 9 heteroatoms. The van der Waals surface area contributed by atoms with Gasteiger partial charge in [-0.2, -0.15) is 13.2 Å². The SMILES string of the molecule is CCN1C(=O)/C(=C\c2cccn2-c2cccc(C(F)(F)F)c2)SC1=Nc1ccc(OC)cc1. The molecule has 0 atom stereocenters. The highest BCUT2D eigenvalue weighted by molar-refractivity contribution is 8.18. The highest BCUT2D eigenvalue weighted by atomic mass is 32.2. The maximum atomic E-state index is 13.1. The fraction of sp³-hybridized carbons (Fsp3) is 0.167. The summed E-state index contributed by atoms with van der Waals surface area (Å²) in [4.78, 5) is 19.6. The van der Waals surface area contributed by atoms with Crippen molar-refractivity contribution in [1.29, 1.82) is 0 Å². The molecule has 4 rings (SSSR count). The topological polar surface area (TPSA) is 46.8 Å². The van der Waals surface area contributed by atoms with Crippen LogP contribution < -0.4 is 4.74 Å². The standard InChI is InChI=1S/C24H20F3N3O2S/c1-3-29-22(31)21(33-23(29)28-17-9-11-20(32-2)12-10-17)15-19-8-5-13-30(19)18-7-4-6-16(14-18)24(25,26)27/h4-15H,3H2,1-2H3/b21-15+,28-23?. The van der Waals surface area contributed by atoms with E-state index in [-0.39, 0.29) is 5.91 Å². The molecule has 0 unspecified atom stereocenters. The molecule has 0 bridgehead atoms. The summed E-state index contributed by atoms with van der Waals surface area (Å²) in [5.74, 6) is 0.504. The summed E-state index contributed by atoms with van der Waals surface area (Å²) in [5, 5.41) is 0.538. The van der Waals surface area contributed by atoms with Gasteiger partial charge in [-0.1, -0.05) is 6.07 Å². The largest absolute Gasteiger partial charge is 0.497 e. The third-order valence-corrected chi connectivity index (χ3v) is 6.02. The first-order valence-corrected chi connectivity index (χ1v) is 10.9. The number of alkyl halides is 3. The third kappa shape index (κ3) is 4.83. The Morgan fingerprint density at radius 2 is 1.85 bits per heavy atom. The molecule has 2 aromatic carbocycles. The van der Waals surface area contributed by atoms with E-state index >= 15 is 0 Å². The second kappa shape index (κ2) is 9.19. The molecule has 0 aliphatic carbocycles. The van der Waals surface area contributed by atoms with Crippen molar-refractivity contribution in [2.24, 2.45) is 4.99 Å². The van der Waals surface area contributed by atoms with E-state index in [0.717, 1.165) is 12.1 Å². The highest BCUT2D eigenvalue weighted by Gasteiger charge is 2.33. The van der Waals surface area contributed by atoms with Gasteiger partial charge in [0, 0.05) is 24.1 Å². The molecule has 1 aliphatic heterocycles. The number of methoxy groups -OCH3 is 1. The fourth-order valence-electron chi connectivity index (χ4n) is 3.35. The van der Waals surface area contributed by atoms with Gasteiger partial charge in [0.25, 0.3) is 5.91 Å². The zero-order valence-electron chi connectivity index (χ0n) is 17.8. The van der Waals surface area contributed by atoms with E-state index in [1.165, 1.54) is 17.8 Å². The lowest BCUT2D eigenvalue weighted by molar-refractivity contribution is -0.137. The third-order valence-electron chi connectivity index (χ3n) is 5.01. The number of amidine groups is 1. The number of ether oxygens (including phenoxy) is 1. The Balaban J connectivity index is 1.66. The van der Waals surface area contributed by atoms with Gasteiger partial charge in [-0.05, 0) is 79.4 Å². The Morgan fingerprint density at radius 3 is 2.52 bits per heavy atom. The Bertz CT molecular complexity index is 1230. The van der Waals surface area contributed by atoms with Crippen LogP contribution in [0, 0.1) is 0 Å². The molecular formula is C24H20F3N3O2S. The first-order valence-electron chi connectivity index (χ1n) is 10.1. The molecule has 5 nitrogen and oxygen atoms in total. The molecule has 0 N–H and O–H groups in total. The van der Waals surface area contributed by atoms with Crippen LogP contribution in [0.25, 0.3) is 11.8 Å². The maximum absolute atomic E-state index is 13.1. The number of benzene rings is 2. The van der Waals surface area contributed by atoms with Crippen molar-refractivity contribution in [3.63, 3.8) is 0 Å². The zero-order valence-corrected chi connectivity index (χ0v) is 18.7. The molecule has 2 heterocycles. The zero-order chi connectivity index (χ0) is 23.6. The van der Waals surface area contributed by atoms with Crippen LogP contribution in [0.15, 0.2) is 76.8 Å². The Hall–Kier alpha value is -3.46. The number of hydrogen-bond donors (Lipinski definition) is 0. The fourth-order valence-corrected chi connectivity index (χ4v) is 4.40. The van der Waals surface area contributed by atoms with Crippen LogP contribution in [0.2, 0.25) is 0 Å². The van der Waals surface area contributed by atoms with Crippen molar-refractivity contribution >= 4 is 34.6 Å². The molecule has 3 aromatic rings. The molecule has 170 valence electrons. The average Bonchev–Trinajstić information content (AvgIpc) is 3.38. The second-order valence-corrected chi connectivity index (χ2v) is 8.11. The second-order valence-electron chi connectivity index (χ2n) is 7.10. The van der Waals surface area contributed by atoms with Crippen LogP contribution in [-0.4, -0.2) is 34.2 Å². The summed E-state index contributed by atoms with van der Waals surface area (Å²) in [7, 11) is 1.58. The molecule has 1 aliphatic rings. The minimum atomic E-state index is -4.44. The lowest BCUT2D eigenvalue weighted by atomic mass is 10.2. The predicted octanol–water partition coefficient (Wildman–Crippen LogP) is 6.13. The number of carbonyl (C=O) groups is 1. The summed E-state index contributed by atoms with van der Waals surface area (Å²) in [6, 6.07) is 15.7. The van der Waals surface area contributed by atoms with Crippen LogP contribution in [-0.2, 0) is 11.0 Å². The molecule has 0 spiro atoms. The van der Waals surface area contributed by atoms with Crippen LogP contribution in [0.4, 0.5) is 18.9 Å². The molecule has 1 saturated heterocycles. The van der Waals surface area contributed by atoms with E-state index in [1.54, 1.807) is 71.3 Å². The molecule has 1 aromatic heterocycles. The van der Waals surface area contributed by atoms with Gasteiger partial charge >= 0.3 is 6.18 Å². The van der Waals surface area contributed by atoms with Crippen LogP contribution >= 0.6 is 11.8 Å². The predicted molar refractivity (Wildman–Crippen MR) is 124 cm³/mol. The normalized spacial score (nSPS) is 16.8. The highest BCUT2D eigenvalue weighted by Crippen LogP contribution is 2.35. The van der Waals surface area contributed by atoms with Gasteiger partial charge < -0.3 is 9.30 Å². The molecular weight excluding hydrogens is 451 g/mol. The van der Waals surface area contributed by atoms with E-state index in [4.69, 9.17) is 4.74 Å². The summed E-state index contributed by atoms with van der Waals surface area (Å²) >= 11 is 1.23. The quantitative estimate of drug-likeness (QED) is 0.421. The van der Waals surface area contributed by atoms with Crippen molar-refractivity contribution in [3.8, 4) is 11.4 Å².